The van der Waals surface area contributed by atoms with E-state index in [9.17, 15) is 13.2 Å². The molecule has 0 atom stereocenters. The summed E-state index contributed by atoms with van der Waals surface area (Å²) in [4.78, 5) is 12.2. The molecule has 0 fully saturated rings. The number of nitrogens with zero attached hydrogens (tertiary/aromatic N) is 3. The van der Waals surface area contributed by atoms with E-state index >= 15 is 0 Å². The molecule has 2 rings (SSSR count). The number of carbonyl (C=O) groups is 1. The van der Waals surface area contributed by atoms with Crippen LogP contribution in [-0.2, 0) is 16.4 Å². The first-order chi connectivity index (χ1) is 9.38. The zero-order chi connectivity index (χ0) is 14.8. The molecule has 0 aliphatic rings. The summed E-state index contributed by atoms with van der Waals surface area (Å²) in [5.74, 6) is -0.0481. The summed E-state index contributed by atoms with van der Waals surface area (Å²) in [7, 11) is -3.35. The number of benzene rings is 1. The maximum absolute atomic E-state index is 12.0. The molecule has 1 aromatic heterocycles. The van der Waals surface area contributed by atoms with Crippen molar-refractivity contribution < 1.29 is 13.2 Å². The highest BCUT2D eigenvalue weighted by molar-refractivity contribution is 7.90. The summed E-state index contributed by atoms with van der Waals surface area (Å²) in [5, 5.41) is 15.7. The van der Waals surface area contributed by atoms with Gasteiger partial charge in [0.1, 0.15) is 0 Å². The summed E-state index contributed by atoms with van der Waals surface area (Å²) >= 11 is 0. The molecule has 9 heteroatoms. The first kappa shape index (κ1) is 14.1. The number of aromatic amines is 1. The lowest BCUT2D eigenvalue weighted by molar-refractivity contribution is 0.0949. The molecule has 1 amide bonds. The topological polar surface area (TPSA) is 118 Å². The van der Waals surface area contributed by atoms with Crippen LogP contribution in [0.5, 0.6) is 0 Å². The Morgan fingerprint density at radius 2 is 2.15 bits per heavy atom. The second-order valence-corrected chi connectivity index (χ2v) is 6.28. The Hall–Kier alpha value is -2.29. The predicted molar refractivity (Wildman–Crippen MR) is 69.6 cm³/mol. The molecule has 8 nitrogen and oxygen atoms in total. The molecule has 106 valence electrons. The Morgan fingerprint density at radius 1 is 1.40 bits per heavy atom. The van der Waals surface area contributed by atoms with Crippen molar-refractivity contribution in [3.8, 4) is 0 Å². The summed E-state index contributed by atoms with van der Waals surface area (Å²) in [5.41, 5.74) is 0.986. The van der Waals surface area contributed by atoms with Gasteiger partial charge in [0.25, 0.3) is 5.91 Å². The molecule has 0 saturated heterocycles. The molecular formula is C11H13N5O3S. The number of aryl methyl sites for hydroxylation is 1. The molecule has 0 aliphatic heterocycles. The summed E-state index contributed by atoms with van der Waals surface area (Å²) < 4.78 is 23.0. The van der Waals surface area contributed by atoms with Crippen LogP contribution in [0.2, 0.25) is 0 Å². The van der Waals surface area contributed by atoms with E-state index in [0.29, 0.717) is 17.0 Å². The molecule has 2 aromatic rings. The maximum Gasteiger partial charge on any atom is 0.251 e. The summed E-state index contributed by atoms with van der Waals surface area (Å²) in [6, 6.07) is 4.43. The average Bonchev–Trinajstić information content (AvgIpc) is 2.88. The van der Waals surface area contributed by atoms with E-state index in [1.807, 2.05) is 0 Å². The van der Waals surface area contributed by atoms with Crippen molar-refractivity contribution in [3.63, 3.8) is 0 Å². The lowest BCUT2D eigenvalue weighted by Crippen LogP contribution is -2.24. The number of aromatic nitrogens is 4. The largest absolute Gasteiger partial charge is 0.345 e. The number of amides is 1. The number of rotatable bonds is 4. The molecule has 0 spiro atoms. The third-order valence-corrected chi connectivity index (χ3v) is 3.79. The summed E-state index contributed by atoms with van der Waals surface area (Å²) in [6.45, 7) is 1.84. The van der Waals surface area contributed by atoms with Gasteiger partial charge in [-0.2, -0.15) is 5.21 Å². The van der Waals surface area contributed by atoms with Gasteiger partial charge >= 0.3 is 0 Å². The summed E-state index contributed by atoms with van der Waals surface area (Å²) in [6.07, 6.45) is 1.10. The molecule has 0 unspecified atom stereocenters. The van der Waals surface area contributed by atoms with Gasteiger partial charge in [0.2, 0.25) is 0 Å². The highest BCUT2D eigenvalue weighted by Crippen LogP contribution is 2.15. The monoisotopic (exact) mass is 295 g/mol. The number of tetrazole rings is 1. The molecule has 0 bridgehead atoms. The highest BCUT2D eigenvalue weighted by atomic mass is 32.2. The van der Waals surface area contributed by atoms with Gasteiger partial charge in [-0.15, -0.1) is 10.2 Å². The van der Waals surface area contributed by atoms with E-state index in [2.05, 4.69) is 25.9 Å². The SMILES string of the molecule is Cc1ccc(S(C)(=O)=O)cc1C(=O)NCc1nn[nH]n1. The number of carbonyl (C=O) groups excluding carboxylic acids is 1. The Kier molecular flexibility index (Phi) is 3.79. The lowest BCUT2D eigenvalue weighted by Gasteiger charge is -2.08. The standard InChI is InChI=1S/C11H13N5O3S/c1-7-3-4-8(20(2,18)19)5-9(7)11(17)12-6-10-13-15-16-14-10/h3-5H,6H2,1-2H3,(H,12,17)(H,13,14,15,16). The van der Waals surface area contributed by atoms with Gasteiger partial charge in [0.05, 0.1) is 11.4 Å². The van der Waals surface area contributed by atoms with Crippen LogP contribution >= 0.6 is 0 Å². The number of sulfone groups is 1. The number of hydrogen-bond donors (Lipinski definition) is 2. The third-order valence-electron chi connectivity index (χ3n) is 2.68. The minimum atomic E-state index is -3.35. The highest BCUT2D eigenvalue weighted by Gasteiger charge is 2.14. The van der Waals surface area contributed by atoms with Crippen LogP contribution in [0.25, 0.3) is 0 Å². The van der Waals surface area contributed by atoms with Crippen LogP contribution in [0.4, 0.5) is 0 Å². The van der Waals surface area contributed by atoms with E-state index in [1.165, 1.54) is 12.1 Å². The van der Waals surface area contributed by atoms with Gasteiger partial charge in [0, 0.05) is 11.8 Å². The van der Waals surface area contributed by atoms with Crippen molar-refractivity contribution in [3.05, 3.63) is 35.2 Å². The molecule has 2 N–H and O–H groups in total. The average molecular weight is 295 g/mol. The normalized spacial score (nSPS) is 11.3. The van der Waals surface area contributed by atoms with Crippen LogP contribution in [0.3, 0.4) is 0 Å². The number of nitrogens with one attached hydrogen (secondary N) is 2. The van der Waals surface area contributed by atoms with E-state index in [-0.39, 0.29) is 11.4 Å². The van der Waals surface area contributed by atoms with Gasteiger partial charge in [-0.1, -0.05) is 11.3 Å². The molecule has 1 aromatic carbocycles. The zero-order valence-electron chi connectivity index (χ0n) is 10.9. The fraction of sp³-hybridized carbons (Fsp3) is 0.273. The van der Waals surface area contributed by atoms with E-state index in [0.717, 1.165) is 6.26 Å². The second-order valence-electron chi connectivity index (χ2n) is 4.26. The molecule has 0 saturated carbocycles. The zero-order valence-corrected chi connectivity index (χ0v) is 11.7. The first-order valence-corrected chi connectivity index (χ1v) is 7.58. The fourth-order valence-electron chi connectivity index (χ4n) is 1.59. The minimum Gasteiger partial charge on any atom is -0.345 e. The van der Waals surface area contributed by atoms with Crippen molar-refractivity contribution in [2.45, 2.75) is 18.4 Å². The van der Waals surface area contributed by atoms with Crippen LogP contribution in [0.15, 0.2) is 23.1 Å². The van der Waals surface area contributed by atoms with Gasteiger partial charge < -0.3 is 5.32 Å². The van der Waals surface area contributed by atoms with Crippen molar-refractivity contribution in [1.29, 1.82) is 0 Å². The Balaban J connectivity index is 2.21. The van der Waals surface area contributed by atoms with Crippen molar-refractivity contribution >= 4 is 15.7 Å². The first-order valence-electron chi connectivity index (χ1n) is 5.69. The van der Waals surface area contributed by atoms with E-state index in [4.69, 9.17) is 0 Å². The minimum absolute atomic E-state index is 0.104. The molecule has 20 heavy (non-hydrogen) atoms. The van der Waals surface area contributed by atoms with Crippen molar-refractivity contribution in [1.82, 2.24) is 25.9 Å². The Morgan fingerprint density at radius 3 is 2.75 bits per heavy atom. The second kappa shape index (κ2) is 5.37. The predicted octanol–water partition coefficient (Wildman–Crippen LogP) is -0.158. The van der Waals surface area contributed by atoms with Crippen molar-refractivity contribution in [2.75, 3.05) is 6.26 Å². The molecule has 1 heterocycles. The molecule has 0 radical (unpaired) electrons. The van der Waals surface area contributed by atoms with Gasteiger partial charge in [-0.25, -0.2) is 8.42 Å². The quantitative estimate of drug-likeness (QED) is 0.809. The Labute approximate surface area is 115 Å². The van der Waals surface area contributed by atoms with Crippen LogP contribution < -0.4 is 5.32 Å². The smallest absolute Gasteiger partial charge is 0.251 e. The van der Waals surface area contributed by atoms with Gasteiger partial charge in [-0.3, -0.25) is 4.79 Å². The lowest BCUT2D eigenvalue weighted by atomic mass is 10.1. The van der Waals surface area contributed by atoms with Crippen LogP contribution in [0, 0.1) is 6.92 Å². The number of H-pyrrole nitrogens is 1. The third kappa shape index (κ3) is 3.18. The van der Waals surface area contributed by atoms with E-state index in [1.54, 1.807) is 13.0 Å². The van der Waals surface area contributed by atoms with Gasteiger partial charge in [-0.05, 0) is 24.6 Å². The van der Waals surface area contributed by atoms with Crippen LogP contribution in [-0.4, -0.2) is 41.2 Å². The Bertz CT molecular complexity index is 725. The molecular weight excluding hydrogens is 282 g/mol. The molecule has 0 aliphatic carbocycles. The van der Waals surface area contributed by atoms with Crippen LogP contribution in [0.1, 0.15) is 21.7 Å². The maximum atomic E-state index is 12.0. The van der Waals surface area contributed by atoms with Crippen molar-refractivity contribution in [2.24, 2.45) is 0 Å². The number of hydrogen-bond acceptors (Lipinski definition) is 6. The van der Waals surface area contributed by atoms with Gasteiger partial charge in [0.15, 0.2) is 15.7 Å². The fourth-order valence-corrected chi connectivity index (χ4v) is 2.24. The van der Waals surface area contributed by atoms with E-state index < -0.39 is 15.7 Å².